The van der Waals surface area contributed by atoms with Gasteiger partial charge in [0.15, 0.2) is 5.69 Å². The molecule has 0 atom stereocenters. The highest BCUT2D eigenvalue weighted by Gasteiger charge is 2.33. The molecule has 1 heterocycles. The molecule has 0 fully saturated rings. The molecule has 0 radical (unpaired) electrons. The maximum atomic E-state index is 12.8. The molecule has 2 rings (SSSR count). The number of hydrogen-bond acceptors (Lipinski definition) is 2. The largest absolute Gasteiger partial charge is 0.476 e. The molecule has 0 saturated carbocycles. The van der Waals surface area contributed by atoms with Crippen molar-refractivity contribution in [1.82, 2.24) is 9.78 Å². The van der Waals surface area contributed by atoms with Gasteiger partial charge in [0.05, 0.1) is 26.3 Å². The summed E-state index contributed by atoms with van der Waals surface area (Å²) in [5, 5.41) is 12.4. The second-order valence-corrected chi connectivity index (χ2v) is 5.66. The second-order valence-electron chi connectivity index (χ2n) is 4.47. The Morgan fingerprint density at radius 1 is 1.26 bits per heavy atom. The number of nitrogens with zero attached hydrogens (tertiary/aromatic N) is 2. The van der Waals surface area contributed by atoms with E-state index in [2.05, 4.69) is 5.10 Å². The summed E-state index contributed by atoms with van der Waals surface area (Å²) in [7, 11) is 0. The van der Waals surface area contributed by atoms with Crippen LogP contribution < -0.4 is 0 Å². The first-order valence-electron chi connectivity index (χ1n) is 6.15. The van der Waals surface area contributed by atoms with Gasteiger partial charge in [-0.1, -0.05) is 41.7 Å². The topological polar surface area (TPSA) is 55.1 Å². The van der Waals surface area contributed by atoms with Gasteiger partial charge in [0.25, 0.3) is 0 Å². The summed E-state index contributed by atoms with van der Waals surface area (Å²) in [6.45, 7) is 1.69. The van der Waals surface area contributed by atoms with Crippen molar-refractivity contribution in [3.8, 4) is 5.69 Å². The van der Waals surface area contributed by atoms with Crippen LogP contribution in [0.1, 0.15) is 28.7 Å². The lowest BCUT2D eigenvalue weighted by atomic mass is 10.2. The first kappa shape index (κ1) is 17.9. The van der Waals surface area contributed by atoms with Crippen molar-refractivity contribution in [2.24, 2.45) is 0 Å². The van der Waals surface area contributed by atoms with E-state index in [9.17, 15) is 23.1 Å². The number of aromatic carboxylic acids is 1. The summed E-state index contributed by atoms with van der Waals surface area (Å²) in [6.07, 6.45) is -4.32. The fraction of sp³-hybridized carbons (Fsp3) is 0.231. The number of alkyl halides is 3. The van der Waals surface area contributed by atoms with E-state index < -0.39 is 33.4 Å². The van der Waals surface area contributed by atoms with Crippen molar-refractivity contribution >= 4 is 40.8 Å². The van der Waals surface area contributed by atoms with Gasteiger partial charge in [-0.3, -0.25) is 0 Å². The maximum Gasteiger partial charge on any atom is 0.416 e. The van der Waals surface area contributed by atoms with Gasteiger partial charge < -0.3 is 5.11 Å². The Balaban J connectivity index is 2.76. The van der Waals surface area contributed by atoms with Crippen LogP contribution in [0, 0.1) is 0 Å². The lowest BCUT2D eigenvalue weighted by Gasteiger charge is -2.13. The zero-order valence-corrected chi connectivity index (χ0v) is 13.6. The van der Waals surface area contributed by atoms with Crippen molar-refractivity contribution in [1.29, 1.82) is 0 Å². The highest BCUT2D eigenvalue weighted by Crippen LogP contribution is 2.38. The zero-order valence-electron chi connectivity index (χ0n) is 11.4. The van der Waals surface area contributed by atoms with Gasteiger partial charge in [0.2, 0.25) is 0 Å². The first-order chi connectivity index (χ1) is 10.6. The summed E-state index contributed by atoms with van der Waals surface area (Å²) >= 11 is 17.7. The molecule has 1 aromatic heterocycles. The van der Waals surface area contributed by atoms with Crippen molar-refractivity contribution in [3.05, 3.63) is 44.2 Å². The lowest BCUT2D eigenvalue weighted by Crippen LogP contribution is -2.11. The Morgan fingerprint density at radius 3 is 2.17 bits per heavy atom. The summed E-state index contributed by atoms with van der Waals surface area (Å²) in [4.78, 5) is 11.4. The SMILES string of the molecule is CCc1nn(-c2c(Cl)cc(C(F)(F)F)cc2Cl)c(C(=O)O)c1Cl. The van der Waals surface area contributed by atoms with Crippen LogP contribution in [0.4, 0.5) is 13.2 Å². The van der Waals surface area contributed by atoms with E-state index in [-0.39, 0.29) is 16.4 Å². The fourth-order valence-corrected chi connectivity index (χ4v) is 2.93. The Labute approximate surface area is 143 Å². The molecule has 10 heteroatoms. The van der Waals surface area contributed by atoms with Crippen LogP contribution in [0.25, 0.3) is 5.69 Å². The minimum absolute atomic E-state index is 0.118. The van der Waals surface area contributed by atoms with Crippen LogP contribution in [-0.4, -0.2) is 20.9 Å². The van der Waals surface area contributed by atoms with Gasteiger partial charge in [-0.2, -0.15) is 18.3 Å². The standard InChI is InChI=1S/C13H8Cl3F3N2O2/c1-2-8-9(16)11(12(22)23)21(20-8)10-6(14)3-5(4-7(10)15)13(17,18)19/h3-4H,2H2,1H3,(H,22,23). The van der Waals surface area contributed by atoms with Crippen molar-refractivity contribution in [3.63, 3.8) is 0 Å². The van der Waals surface area contributed by atoms with E-state index in [1.54, 1.807) is 6.92 Å². The molecule has 4 nitrogen and oxygen atoms in total. The molecule has 1 N–H and O–H groups in total. The average Bonchev–Trinajstić information content (AvgIpc) is 2.73. The third-order valence-electron chi connectivity index (χ3n) is 2.99. The molecule has 0 amide bonds. The van der Waals surface area contributed by atoms with E-state index in [1.807, 2.05) is 0 Å². The molecule has 0 unspecified atom stereocenters. The number of carbonyl (C=O) groups is 1. The molecule has 0 aliphatic heterocycles. The van der Waals surface area contributed by atoms with E-state index in [0.717, 1.165) is 4.68 Å². The number of aromatic nitrogens is 2. The summed E-state index contributed by atoms with van der Waals surface area (Å²) < 4.78 is 39.1. The molecule has 124 valence electrons. The van der Waals surface area contributed by atoms with Crippen LogP contribution in [0.3, 0.4) is 0 Å². The predicted octanol–water partition coefficient (Wildman–Crippen LogP) is 5.11. The van der Waals surface area contributed by atoms with Gasteiger partial charge in [0.1, 0.15) is 5.69 Å². The molecule has 0 spiro atoms. The minimum atomic E-state index is -4.64. The number of carboxylic acid groups (broad SMARTS) is 1. The normalized spacial score (nSPS) is 11.8. The third kappa shape index (κ3) is 3.27. The van der Waals surface area contributed by atoms with E-state index in [1.165, 1.54) is 0 Å². The van der Waals surface area contributed by atoms with Crippen LogP contribution in [0.15, 0.2) is 12.1 Å². The van der Waals surface area contributed by atoms with E-state index in [0.29, 0.717) is 18.6 Å². The summed E-state index contributed by atoms with van der Waals surface area (Å²) in [5.41, 5.74) is -1.40. The molecule has 0 bridgehead atoms. The van der Waals surface area contributed by atoms with Crippen LogP contribution >= 0.6 is 34.8 Å². The van der Waals surface area contributed by atoms with Gasteiger partial charge in [0, 0.05) is 0 Å². The number of carboxylic acids is 1. The second kappa shape index (κ2) is 6.22. The Morgan fingerprint density at radius 2 is 1.78 bits per heavy atom. The minimum Gasteiger partial charge on any atom is -0.476 e. The Kier molecular flexibility index (Phi) is 4.84. The van der Waals surface area contributed by atoms with Crippen molar-refractivity contribution < 1.29 is 23.1 Å². The molecular formula is C13H8Cl3F3N2O2. The molecule has 0 aliphatic rings. The third-order valence-corrected chi connectivity index (χ3v) is 3.96. The summed E-state index contributed by atoms with van der Waals surface area (Å²) in [6, 6.07) is 1.30. The molecule has 0 aliphatic carbocycles. The highest BCUT2D eigenvalue weighted by atomic mass is 35.5. The van der Waals surface area contributed by atoms with Gasteiger partial charge in [-0.25, -0.2) is 9.48 Å². The number of hydrogen-bond donors (Lipinski definition) is 1. The maximum absolute atomic E-state index is 12.8. The Hall–Kier alpha value is -1.44. The molecule has 23 heavy (non-hydrogen) atoms. The number of aryl methyl sites for hydroxylation is 1. The lowest BCUT2D eigenvalue weighted by molar-refractivity contribution is -0.137. The average molecular weight is 388 g/mol. The van der Waals surface area contributed by atoms with Gasteiger partial charge >= 0.3 is 12.1 Å². The van der Waals surface area contributed by atoms with Crippen molar-refractivity contribution in [2.45, 2.75) is 19.5 Å². The Bertz CT molecular complexity index is 764. The molecular weight excluding hydrogens is 380 g/mol. The number of halogens is 6. The van der Waals surface area contributed by atoms with Gasteiger partial charge in [-0.05, 0) is 18.6 Å². The predicted molar refractivity (Wildman–Crippen MR) is 79.9 cm³/mol. The zero-order chi connectivity index (χ0) is 17.5. The van der Waals surface area contributed by atoms with E-state index >= 15 is 0 Å². The van der Waals surface area contributed by atoms with E-state index in [4.69, 9.17) is 34.8 Å². The monoisotopic (exact) mass is 386 g/mol. The smallest absolute Gasteiger partial charge is 0.416 e. The van der Waals surface area contributed by atoms with Crippen molar-refractivity contribution in [2.75, 3.05) is 0 Å². The molecule has 1 aromatic carbocycles. The summed E-state index contributed by atoms with van der Waals surface area (Å²) in [5.74, 6) is -1.41. The van der Waals surface area contributed by atoms with Crippen LogP contribution in [0.2, 0.25) is 15.1 Å². The number of rotatable bonds is 3. The van der Waals surface area contributed by atoms with Gasteiger partial charge in [-0.15, -0.1) is 0 Å². The first-order valence-corrected chi connectivity index (χ1v) is 7.28. The quantitative estimate of drug-likeness (QED) is 0.796. The highest BCUT2D eigenvalue weighted by molar-refractivity contribution is 6.38. The van der Waals surface area contributed by atoms with Crippen LogP contribution in [-0.2, 0) is 12.6 Å². The van der Waals surface area contributed by atoms with Crippen LogP contribution in [0.5, 0.6) is 0 Å². The molecule has 2 aromatic rings. The molecule has 0 saturated heterocycles. The number of benzene rings is 1. The fourth-order valence-electron chi connectivity index (χ4n) is 1.95.